The molecule has 0 aliphatic carbocycles. The van der Waals surface area contributed by atoms with Crippen molar-refractivity contribution < 1.29 is 43.0 Å². The van der Waals surface area contributed by atoms with E-state index in [0.717, 1.165) is 77.0 Å². The van der Waals surface area contributed by atoms with Crippen molar-refractivity contribution in [2.45, 2.75) is 135 Å². The summed E-state index contributed by atoms with van der Waals surface area (Å²) in [6, 6.07) is 0. The fraction of sp³-hybridized carbons (Fsp3) is 0.511. The summed E-state index contributed by atoms with van der Waals surface area (Å²) in [6.45, 7) is 3.31. The number of unbranched alkanes of at least 4 members (excludes halogenated alkanes) is 3. The van der Waals surface area contributed by atoms with Gasteiger partial charge in [0.25, 0.3) is 0 Å². The van der Waals surface area contributed by atoms with E-state index in [4.69, 9.17) is 19.3 Å². The van der Waals surface area contributed by atoms with E-state index in [1.54, 1.807) is 0 Å². The average Bonchev–Trinajstić information content (AvgIpc) is 3.15. The molecule has 0 heterocycles. The monoisotopic (exact) mass is 784 g/mol. The smallest absolute Gasteiger partial charge is 0.462 e. The molecule has 9 nitrogen and oxygen atoms in total. The lowest BCUT2D eigenvalue weighted by Crippen LogP contribution is -2.29. The molecule has 0 aromatic carbocycles. The molecular formula is C45H69O9P. The number of hydrogen-bond donors (Lipinski definition) is 3. The maximum atomic E-state index is 12.4. The summed E-state index contributed by atoms with van der Waals surface area (Å²) >= 11 is 0. The lowest BCUT2D eigenvalue weighted by Gasteiger charge is -2.18. The van der Waals surface area contributed by atoms with E-state index in [1.807, 2.05) is 48.6 Å². The van der Waals surface area contributed by atoms with Crippen LogP contribution in [0.15, 0.2) is 122 Å². The molecule has 0 bridgehead atoms. The number of aliphatic hydroxyl groups is 1. The Morgan fingerprint density at radius 2 is 1.09 bits per heavy atom. The van der Waals surface area contributed by atoms with Gasteiger partial charge in [-0.2, -0.15) is 0 Å². The molecule has 0 radical (unpaired) electrons. The zero-order valence-electron chi connectivity index (χ0n) is 33.4. The van der Waals surface area contributed by atoms with Crippen molar-refractivity contribution >= 4 is 19.8 Å². The van der Waals surface area contributed by atoms with Gasteiger partial charge >= 0.3 is 19.8 Å². The summed E-state index contributed by atoms with van der Waals surface area (Å²) in [4.78, 5) is 42.7. The summed E-state index contributed by atoms with van der Waals surface area (Å²) in [5.41, 5.74) is 0. The Labute approximate surface area is 331 Å². The second-order valence-electron chi connectivity index (χ2n) is 12.7. The van der Waals surface area contributed by atoms with E-state index in [2.05, 4.69) is 91.3 Å². The van der Waals surface area contributed by atoms with Crippen LogP contribution in [-0.4, -0.2) is 52.3 Å². The highest BCUT2D eigenvalue weighted by atomic mass is 31.2. The number of allylic oxidation sites excluding steroid dienone is 19. The van der Waals surface area contributed by atoms with E-state index in [0.29, 0.717) is 19.3 Å². The third-order valence-corrected chi connectivity index (χ3v) is 8.07. The van der Waals surface area contributed by atoms with Gasteiger partial charge in [-0.3, -0.25) is 14.1 Å². The summed E-state index contributed by atoms with van der Waals surface area (Å²) < 4.78 is 26.2. The standard InChI is InChI=1S/C45H69O9P/c1-3-5-7-8-9-10-11-12-13-14-15-16-17-18-21-25-28-31-35-39-45(48)54-43(41-53-55(49,50)51)40-52-44(47)38-34-30-27-24-22-19-20-23-26-29-33-37-42(46)36-32-6-4-2/h5,7,9-10,12-13,15-16,18-21,24,26-29,31,33,37,42-43,46H,3-4,6,8,11,14,17,22-23,25,30,32,34-36,38-41H2,1-2H3,(H2,49,50,51)/b7-5-,10-9-,13-12-,16-15-,20-19-,21-18-,27-24-,29-26-,31-28-,37-33+/t42-,43-/m1/s1. The molecule has 2 atom stereocenters. The molecule has 10 heteroatoms. The molecule has 3 N–H and O–H groups in total. The normalized spacial score (nSPS) is 14.3. The molecule has 0 fully saturated rings. The van der Waals surface area contributed by atoms with Gasteiger partial charge in [0.1, 0.15) is 6.61 Å². The molecule has 0 spiro atoms. The van der Waals surface area contributed by atoms with E-state index in [1.165, 1.54) is 0 Å². The van der Waals surface area contributed by atoms with Crippen LogP contribution in [0.25, 0.3) is 0 Å². The van der Waals surface area contributed by atoms with Crippen molar-refractivity contribution in [3.8, 4) is 0 Å². The largest absolute Gasteiger partial charge is 0.469 e. The molecule has 0 saturated heterocycles. The van der Waals surface area contributed by atoms with Gasteiger partial charge < -0.3 is 24.4 Å². The number of hydrogen-bond acceptors (Lipinski definition) is 7. The first-order chi connectivity index (χ1) is 26.7. The summed E-state index contributed by atoms with van der Waals surface area (Å²) in [5.74, 6) is -1.09. The molecule has 0 unspecified atom stereocenters. The molecule has 308 valence electrons. The lowest BCUT2D eigenvalue weighted by atomic mass is 10.1. The molecule has 0 rings (SSSR count). The molecule has 0 saturated carbocycles. The van der Waals surface area contributed by atoms with Crippen LogP contribution in [0.4, 0.5) is 0 Å². The first-order valence-corrected chi connectivity index (χ1v) is 21.5. The fourth-order valence-corrected chi connectivity index (χ4v) is 4.98. The molecule has 0 aromatic rings. The molecular weight excluding hydrogens is 715 g/mol. The minimum atomic E-state index is -4.81. The fourth-order valence-electron chi connectivity index (χ4n) is 4.62. The zero-order chi connectivity index (χ0) is 40.5. The van der Waals surface area contributed by atoms with Crippen molar-refractivity contribution in [2.75, 3.05) is 13.2 Å². The van der Waals surface area contributed by atoms with Crippen molar-refractivity contribution in [2.24, 2.45) is 0 Å². The van der Waals surface area contributed by atoms with Crippen molar-refractivity contribution in [1.82, 2.24) is 0 Å². The Kier molecular flexibility index (Phi) is 36.2. The van der Waals surface area contributed by atoms with Crippen LogP contribution < -0.4 is 0 Å². The Hall–Kier alpha value is -3.59. The van der Waals surface area contributed by atoms with Crippen molar-refractivity contribution in [3.63, 3.8) is 0 Å². The zero-order valence-corrected chi connectivity index (χ0v) is 34.3. The first kappa shape index (κ1) is 51.4. The van der Waals surface area contributed by atoms with Gasteiger partial charge in [0.2, 0.25) is 0 Å². The third-order valence-electron chi connectivity index (χ3n) is 7.58. The van der Waals surface area contributed by atoms with Crippen LogP contribution in [0.2, 0.25) is 0 Å². The highest BCUT2D eigenvalue weighted by Crippen LogP contribution is 2.35. The van der Waals surface area contributed by atoms with Gasteiger partial charge in [-0.25, -0.2) is 4.57 Å². The second kappa shape index (κ2) is 38.7. The minimum Gasteiger partial charge on any atom is -0.462 e. The predicted octanol–water partition coefficient (Wildman–Crippen LogP) is 11.1. The van der Waals surface area contributed by atoms with Crippen LogP contribution in [0.1, 0.15) is 123 Å². The van der Waals surface area contributed by atoms with Gasteiger partial charge in [-0.15, -0.1) is 0 Å². The van der Waals surface area contributed by atoms with E-state index in [-0.39, 0.29) is 25.6 Å². The number of aliphatic hydroxyl groups excluding tert-OH is 1. The number of carbonyl (C=O) groups is 2. The molecule has 0 amide bonds. The number of phosphoric acid groups is 1. The Morgan fingerprint density at radius 3 is 1.62 bits per heavy atom. The van der Waals surface area contributed by atoms with Gasteiger partial charge in [0.05, 0.1) is 12.7 Å². The minimum absolute atomic E-state index is 0.0579. The summed E-state index contributed by atoms with van der Waals surface area (Å²) in [7, 11) is -4.81. The third kappa shape index (κ3) is 41.4. The molecule has 0 aliphatic heterocycles. The number of esters is 2. The highest BCUT2D eigenvalue weighted by Gasteiger charge is 2.22. The van der Waals surface area contributed by atoms with Crippen molar-refractivity contribution in [3.05, 3.63) is 122 Å². The van der Waals surface area contributed by atoms with E-state index in [9.17, 15) is 19.3 Å². The first-order valence-electron chi connectivity index (χ1n) is 19.9. The van der Waals surface area contributed by atoms with Gasteiger partial charge in [-0.1, -0.05) is 155 Å². The van der Waals surface area contributed by atoms with Gasteiger partial charge in [0, 0.05) is 12.8 Å². The molecule has 0 aromatic heterocycles. The topological polar surface area (TPSA) is 140 Å². The number of phosphoric ester groups is 1. The second-order valence-corrected chi connectivity index (χ2v) is 14.0. The number of ether oxygens (including phenoxy) is 2. The lowest BCUT2D eigenvalue weighted by molar-refractivity contribution is -0.161. The highest BCUT2D eigenvalue weighted by molar-refractivity contribution is 7.46. The Bertz CT molecular complexity index is 1310. The number of carbonyl (C=O) groups excluding carboxylic acids is 2. The summed E-state index contributed by atoms with van der Waals surface area (Å²) in [6.07, 6.45) is 52.6. The molecule has 0 aliphatic rings. The summed E-state index contributed by atoms with van der Waals surface area (Å²) in [5, 5.41) is 9.86. The Balaban J connectivity index is 4.25. The van der Waals surface area contributed by atoms with E-state index < -0.39 is 32.5 Å². The van der Waals surface area contributed by atoms with Crippen LogP contribution in [0.5, 0.6) is 0 Å². The average molecular weight is 785 g/mol. The molecule has 55 heavy (non-hydrogen) atoms. The SMILES string of the molecule is CC/C=C\C/C=C\C/C=C\C/C=C\C/C=C\C/C=C\CCC(=O)O[C@H](COC(=O)CCC/C=C\C/C=C\C/C=C\C=C\[C@H](O)CCCCC)COP(=O)(O)O. The quantitative estimate of drug-likeness (QED) is 0.0191. The van der Waals surface area contributed by atoms with E-state index >= 15 is 0 Å². The van der Waals surface area contributed by atoms with Gasteiger partial charge in [-0.05, 0) is 77.0 Å². The van der Waals surface area contributed by atoms with Gasteiger partial charge in [0.15, 0.2) is 6.10 Å². The maximum Gasteiger partial charge on any atom is 0.469 e. The van der Waals surface area contributed by atoms with Crippen LogP contribution in [0.3, 0.4) is 0 Å². The van der Waals surface area contributed by atoms with Crippen LogP contribution >= 0.6 is 7.82 Å². The van der Waals surface area contributed by atoms with Crippen LogP contribution in [0, 0.1) is 0 Å². The number of rotatable bonds is 34. The van der Waals surface area contributed by atoms with Crippen molar-refractivity contribution in [1.29, 1.82) is 0 Å². The Morgan fingerprint density at radius 1 is 0.582 bits per heavy atom. The maximum absolute atomic E-state index is 12.4. The predicted molar refractivity (Wildman–Crippen MR) is 226 cm³/mol. The van der Waals surface area contributed by atoms with Crippen LogP contribution in [-0.2, 0) is 28.2 Å².